The van der Waals surface area contributed by atoms with Crippen molar-refractivity contribution < 1.29 is 18.7 Å². The van der Waals surface area contributed by atoms with Gasteiger partial charge in [0, 0.05) is 24.1 Å². The van der Waals surface area contributed by atoms with E-state index >= 15 is 0 Å². The van der Waals surface area contributed by atoms with Crippen LogP contribution in [0.1, 0.15) is 44.0 Å². The van der Waals surface area contributed by atoms with Crippen LogP contribution in [-0.2, 0) is 4.74 Å². The molecule has 1 aliphatic rings. The summed E-state index contributed by atoms with van der Waals surface area (Å²) in [5.41, 5.74) is -0.177. The Morgan fingerprint density at radius 3 is 2.56 bits per heavy atom. The Bertz CT molecular complexity index is 638. The topological polar surface area (TPSA) is 58.6 Å². The number of benzene rings is 1. The van der Waals surface area contributed by atoms with Gasteiger partial charge in [-0.2, -0.15) is 0 Å². The van der Waals surface area contributed by atoms with E-state index in [4.69, 9.17) is 4.74 Å². The Morgan fingerprint density at radius 2 is 1.96 bits per heavy atom. The van der Waals surface area contributed by atoms with Gasteiger partial charge in [-0.05, 0) is 73.7 Å². The molecule has 0 atom stereocenters. The van der Waals surface area contributed by atoms with Crippen molar-refractivity contribution in [3.05, 3.63) is 34.1 Å². The molecule has 1 saturated heterocycles. The van der Waals surface area contributed by atoms with Gasteiger partial charge in [-0.1, -0.05) is 0 Å². The third-order valence-electron chi connectivity index (χ3n) is 3.99. The van der Waals surface area contributed by atoms with Gasteiger partial charge in [-0.15, -0.1) is 0 Å². The maximum Gasteiger partial charge on any atom is 0.407 e. The highest BCUT2D eigenvalue weighted by molar-refractivity contribution is 9.10. The van der Waals surface area contributed by atoms with Crippen molar-refractivity contribution >= 4 is 27.9 Å². The van der Waals surface area contributed by atoms with Gasteiger partial charge in [0.15, 0.2) is 0 Å². The van der Waals surface area contributed by atoms with E-state index in [1.807, 2.05) is 20.8 Å². The number of carbonyl (C=O) groups is 2. The first-order chi connectivity index (χ1) is 11.7. The minimum Gasteiger partial charge on any atom is -0.444 e. The summed E-state index contributed by atoms with van der Waals surface area (Å²) in [6, 6.07) is 4.11. The maximum atomic E-state index is 13.4. The van der Waals surface area contributed by atoms with Gasteiger partial charge in [0.05, 0.1) is 5.56 Å². The second-order valence-electron chi connectivity index (χ2n) is 7.24. The fourth-order valence-electron chi connectivity index (χ4n) is 2.71. The minimum atomic E-state index is -0.516. The van der Waals surface area contributed by atoms with E-state index in [1.165, 1.54) is 12.1 Å². The third kappa shape index (κ3) is 5.99. The molecule has 1 aliphatic heterocycles. The van der Waals surface area contributed by atoms with Crippen molar-refractivity contribution in [2.45, 2.75) is 39.2 Å². The van der Waals surface area contributed by atoms with Gasteiger partial charge >= 0.3 is 6.09 Å². The highest BCUT2D eigenvalue weighted by Gasteiger charge is 2.26. The first-order valence-corrected chi connectivity index (χ1v) is 9.16. The second kappa shape index (κ2) is 8.17. The van der Waals surface area contributed by atoms with Crippen LogP contribution in [0.5, 0.6) is 0 Å². The molecule has 2 rings (SSSR count). The number of nitrogens with zero attached hydrogens (tertiary/aromatic N) is 1. The summed E-state index contributed by atoms with van der Waals surface area (Å²) < 4.78 is 19.2. The van der Waals surface area contributed by atoms with Crippen LogP contribution in [0.3, 0.4) is 0 Å². The quantitative estimate of drug-likeness (QED) is 0.813. The average molecular weight is 415 g/mol. The Balaban J connectivity index is 1.82. The van der Waals surface area contributed by atoms with E-state index < -0.39 is 17.5 Å². The van der Waals surface area contributed by atoms with Crippen LogP contribution < -0.4 is 5.32 Å². The van der Waals surface area contributed by atoms with Crippen LogP contribution in [0.25, 0.3) is 0 Å². The van der Waals surface area contributed by atoms with Crippen molar-refractivity contribution in [1.29, 1.82) is 0 Å². The molecule has 0 bridgehead atoms. The summed E-state index contributed by atoms with van der Waals surface area (Å²) in [6.45, 7) is 7.16. The molecular weight excluding hydrogens is 391 g/mol. The third-order valence-corrected chi connectivity index (χ3v) is 4.69. The second-order valence-corrected chi connectivity index (χ2v) is 8.10. The zero-order valence-electron chi connectivity index (χ0n) is 14.8. The van der Waals surface area contributed by atoms with Crippen LogP contribution in [0.4, 0.5) is 9.18 Å². The number of likely N-dealkylation sites (tertiary alicyclic amines) is 1. The van der Waals surface area contributed by atoms with Crippen LogP contribution in [0.15, 0.2) is 22.7 Å². The SMILES string of the molecule is CC(C)(C)OC(=O)NCC1CCN(C(=O)c2cc(F)ccc2Br)CC1. The molecule has 25 heavy (non-hydrogen) atoms. The fraction of sp³-hybridized carbons (Fsp3) is 0.556. The molecule has 7 heteroatoms. The zero-order chi connectivity index (χ0) is 18.6. The lowest BCUT2D eigenvalue weighted by Crippen LogP contribution is -2.42. The highest BCUT2D eigenvalue weighted by atomic mass is 79.9. The van der Waals surface area contributed by atoms with Gasteiger partial charge in [-0.25, -0.2) is 9.18 Å². The molecule has 0 aromatic heterocycles. The molecule has 0 aliphatic carbocycles. The van der Waals surface area contributed by atoms with E-state index in [1.54, 1.807) is 11.0 Å². The van der Waals surface area contributed by atoms with E-state index in [2.05, 4.69) is 21.2 Å². The standard InChI is InChI=1S/C18H24BrFN2O3/c1-18(2,3)25-17(24)21-11-12-6-8-22(9-7-12)16(23)14-10-13(20)4-5-15(14)19/h4-5,10,12H,6-9,11H2,1-3H3,(H,21,24). The number of nitrogens with one attached hydrogen (secondary N) is 1. The average Bonchev–Trinajstić information content (AvgIpc) is 2.53. The van der Waals surface area contributed by atoms with Gasteiger partial charge < -0.3 is 15.0 Å². The molecule has 1 N–H and O–H groups in total. The van der Waals surface area contributed by atoms with Crippen molar-refractivity contribution in [3.63, 3.8) is 0 Å². The predicted octanol–water partition coefficient (Wildman–Crippen LogP) is 3.97. The first-order valence-electron chi connectivity index (χ1n) is 8.37. The fourth-order valence-corrected chi connectivity index (χ4v) is 3.13. The van der Waals surface area contributed by atoms with Crippen molar-refractivity contribution in [2.75, 3.05) is 19.6 Å². The molecule has 2 amide bonds. The van der Waals surface area contributed by atoms with Crippen molar-refractivity contribution in [2.24, 2.45) is 5.92 Å². The summed E-state index contributed by atoms with van der Waals surface area (Å²) in [4.78, 5) is 26.0. The Kier molecular flexibility index (Phi) is 6.43. The summed E-state index contributed by atoms with van der Waals surface area (Å²) >= 11 is 3.30. The van der Waals surface area contributed by atoms with E-state index in [0.29, 0.717) is 35.6 Å². The number of ether oxygens (including phenoxy) is 1. The van der Waals surface area contributed by atoms with Crippen molar-refractivity contribution in [3.8, 4) is 0 Å². The van der Waals surface area contributed by atoms with Crippen LogP contribution in [-0.4, -0.2) is 42.1 Å². The maximum absolute atomic E-state index is 13.4. The number of amides is 2. The number of rotatable bonds is 3. The summed E-state index contributed by atoms with van der Waals surface area (Å²) in [5, 5.41) is 2.78. The molecule has 1 fully saturated rings. The molecular formula is C18H24BrFN2O3. The molecule has 0 radical (unpaired) electrons. The smallest absolute Gasteiger partial charge is 0.407 e. The number of hydrogen-bond acceptors (Lipinski definition) is 3. The predicted molar refractivity (Wildman–Crippen MR) is 97.0 cm³/mol. The molecule has 5 nitrogen and oxygen atoms in total. The molecule has 0 unspecified atom stereocenters. The largest absolute Gasteiger partial charge is 0.444 e. The molecule has 0 saturated carbocycles. The Labute approximate surface area is 156 Å². The van der Waals surface area contributed by atoms with E-state index in [-0.39, 0.29) is 5.91 Å². The van der Waals surface area contributed by atoms with E-state index in [0.717, 1.165) is 12.8 Å². The molecule has 1 aromatic rings. The Morgan fingerprint density at radius 1 is 1.32 bits per heavy atom. The number of piperidine rings is 1. The van der Waals surface area contributed by atoms with Crippen LogP contribution in [0.2, 0.25) is 0 Å². The highest BCUT2D eigenvalue weighted by Crippen LogP contribution is 2.23. The zero-order valence-corrected chi connectivity index (χ0v) is 16.4. The molecule has 1 heterocycles. The molecule has 1 aromatic carbocycles. The molecule has 138 valence electrons. The summed E-state index contributed by atoms with van der Waals surface area (Å²) in [5.74, 6) is -0.305. The monoisotopic (exact) mass is 414 g/mol. The number of alkyl carbamates (subject to hydrolysis) is 1. The number of carbonyl (C=O) groups excluding carboxylic acids is 2. The summed E-state index contributed by atoms with van der Waals surface area (Å²) in [6.07, 6.45) is 1.15. The number of hydrogen-bond donors (Lipinski definition) is 1. The lowest BCUT2D eigenvalue weighted by molar-refractivity contribution is 0.0500. The van der Waals surface area contributed by atoms with Crippen LogP contribution >= 0.6 is 15.9 Å². The first kappa shape index (κ1) is 19.7. The Hall–Kier alpha value is -1.63. The van der Waals surface area contributed by atoms with Gasteiger partial charge in [0.1, 0.15) is 11.4 Å². The van der Waals surface area contributed by atoms with Gasteiger partial charge in [-0.3, -0.25) is 4.79 Å². The summed E-state index contributed by atoms with van der Waals surface area (Å²) in [7, 11) is 0. The number of halogens is 2. The normalized spacial score (nSPS) is 15.8. The lowest BCUT2D eigenvalue weighted by Gasteiger charge is -2.32. The molecule has 0 spiro atoms. The van der Waals surface area contributed by atoms with E-state index in [9.17, 15) is 14.0 Å². The van der Waals surface area contributed by atoms with Gasteiger partial charge in [0.25, 0.3) is 5.91 Å². The minimum absolute atomic E-state index is 0.176. The van der Waals surface area contributed by atoms with Crippen LogP contribution in [0, 0.1) is 11.7 Å². The van der Waals surface area contributed by atoms with Crippen molar-refractivity contribution in [1.82, 2.24) is 10.2 Å². The lowest BCUT2D eigenvalue weighted by atomic mass is 9.96. The van der Waals surface area contributed by atoms with Gasteiger partial charge in [0.2, 0.25) is 0 Å².